The van der Waals surface area contributed by atoms with Gasteiger partial charge >= 0.3 is 0 Å². The minimum Gasteiger partial charge on any atom is -0.456 e. The Bertz CT molecular complexity index is 2200. The number of nitrogens with zero attached hydrogens (tertiary/aromatic N) is 2. The lowest BCUT2D eigenvalue weighted by Gasteiger charge is -2.07. The van der Waals surface area contributed by atoms with Crippen LogP contribution in [0.15, 0.2) is 138 Å². The molecule has 0 radical (unpaired) electrons. The third-order valence-electron chi connectivity index (χ3n) is 8.09. The number of hydrogen-bond donors (Lipinski definition) is 0. The molecule has 182 valence electrons. The van der Waals surface area contributed by atoms with Crippen molar-refractivity contribution in [1.29, 1.82) is 0 Å². The smallest absolute Gasteiger partial charge is 0.137 e. The largest absolute Gasteiger partial charge is 0.456 e. The standard InChI is InChI=1S/C36H22N2O/c1-3-11-23(12-4-1)37-31-17-9-7-15-25(31)27-19-29-30-20-28-26-16-8-10-18-32(26)38(24-13-5-2-6-14-24)34(28)22-36(30)39-35(29)21-33(27)37/h1-22H. The predicted octanol–water partition coefficient (Wildman–Crippen LogP) is 9.78. The molecule has 3 heteroatoms. The summed E-state index contributed by atoms with van der Waals surface area (Å²) in [6, 6.07) is 47.5. The van der Waals surface area contributed by atoms with Gasteiger partial charge in [0.2, 0.25) is 0 Å². The van der Waals surface area contributed by atoms with Crippen LogP contribution in [0.2, 0.25) is 0 Å². The van der Waals surface area contributed by atoms with E-state index in [4.69, 9.17) is 4.42 Å². The van der Waals surface area contributed by atoms with Gasteiger partial charge in [-0.15, -0.1) is 0 Å². The molecule has 0 aliphatic carbocycles. The van der Waals surface area contributed by atoms with Crippen molar-refractivity contribution in [2.45, 2.75) is 0 Å². The molecule has 3 heterocycles. The van der Waals surface area contributed by atoms with Gasteiger partial charge in [-0.25, -0.2) is 0 Å². The fraction of sp³-hybridized carbons (Fsp3) is 0. The Kier molecular flexibility index (Phi) is 4.05. The first-order valence-electron chi connectivity index (χ1n) is 13.3. The van der Waals surface area contributed by atoms with E-state index in [1.54, 1.807) is 0 Å². The summed E-state index contributed by atoms with van der Waals surface area (Å²) in [4.78, 5) is 0. The van der Waals surface area contributed by atoms with Crippen molar-refractivity contribution in [3.8, 4) is 11.4 Å². The van der Waals surface area contributed by atoms with Gasteiger partial charge in [0, 0.05) is 55.8 Å². The first kappa shape index (κ1) is 20.7. The zero-order valence-corrected chi connectivity index (χ0v) is 21.0. The molecule has 0 unspecified atom stereocenters. The van der Waals surface area contributed by atoms with E-state index in [0.717, 1.165) is 44.3 Å². The number of hydrogen-bond acceptors (Lipinski definition) is 1. The molecular formula is C36H22N2O. The van der Waals surface area contributed by atoms with Crippen molar-refractivity contribution >= 4 is 65.6 Å². The average Bonchev–Trinajstić information content (AvgIpc) is 3.62. The SMILES string of the molecule is c1ccc(-n2c3ccccc3c3cc4c(cc32)oc2cc3c(cc24)c2ccccc2n3-c2ccccc2)cc1. The molecule has 0 aliphatic heterocycles. The van der Waals surface area contributed by atoms with E-state index in [9.17, 15) is 0 Å². The minimum absolute atomic E-state index is 0.903. The molecule has 0 spiro atoms. The lowest BCUT2D eigenvalue weighted by molar-refractivity contribution is 0.669. The molecule has 0 saturated heterocycles. The van der Waals surface area contributed by atoms with Crippen LogP contribution in [-0.2, 0) is 0 Å². The molecule has 0 fully saturated rings. The molecule has 39 heavy (non-hydrogen) atoms. The zero-order chi connectivity index (χ0) is 25.5. The van der Waals surface area contributed by atoms with E-state index in [1.165, 1.54) is 32.6 Å². The fourth-order valence-electron chi connectivity index (χ4n) is 6.41. The van der Waals surface area contributed by atoms with Crippen LogP contribution in [0.1, 0.15) is 0 Å². The van der Waals surface area contributed by atoms with Crippen LogP contribution < -0.4 is 0 Å². The summed E-state index contributed by atoms with van der Waals surface area (Å²) >= 11 is 0. The normalized spacial score (nSPS) is 12.1. The van der Waals surface area contributed by atoms with Crippen LogP contribution in [0, 0.1) is 0 Å². The molecule has 0 aliphatic rings. The Morgan fingerprint density at radius 2 is 0.744 bits per heavy atom. The molecule has 0 saturated carbocycles. The van der Waals surface area contributed by atoms with Gasteiger partial charge in [0.1, 0.15) is 11.2 Å². The number of benzene rings is 6. The second-order valence-corrected chi connectivity index (χ2v) is 10.2. The summed E-state index contributed by atoms with van der Waals surface area (Å²) < 4.78 is 11.3. The Morgan fingerprint density at radius 1 is 0.333 bits per heavy atom. The van der Waals surface area contributed by atoms with Gasteiger partial charge in [0.25, 0.3) is 0 Å². The molecule has 0 N–H and O–H groups in total. The van der Waals surface area contributed by atoms with Crippen LogP contribution in [-0.4, -0.2) is 9.13 Å². The van der Waals surface area contributed by atoms with Crippen molar-refractivity contribution in [2.75, 3.05) is 0 Å². The highest BCUT2D eigenvalue weighted by molar-refractivity contribution is 6.21. The summed E-state index contributed by atoms with van der Waals surface area (Å²) in [5.41, 5.74) is 8.80. The van der Waals surface area contributed by atoms with Crippen molar-refractivity contribution in [3.05, 3.63) is 133 Å². The van der Waals surface area contributed by atoms with Crippen molar-refractivity contribution in [2.24, 2.45) is 0 Å². The van der Waals surface area contributed by atoms with Gasteiger partial charge in [-0.05, 0) is 48.5 Å². The number of aromatic nitrogens is 2. The van der Waals surface area contributed by atoms with E-state index >= 15 is 0 Å². The maximum absolute atomic E-state index is 6.62. The monoisotopic (exact) mass is 498 g/mol. The highest BCUT2D eigenvalue weighted by atomic mass is 16.3. The van der Waals surface area contributed by atoms with Crippen molar-refractivity contribution < 1.29 is 4.42 Å². The summed E-state index contributed by atoms with van der Waals surface area (Å²) in [5, 5.41) is 7.25. The van der Waals surface area contributed by atoms with E-state index < -0.39 is 0 Å². The van der Waals surface area contributed by atoms with E-state index in [0.29, 0.717) is 0 Å². The quantitative estimate of drug-likeness (QED) is 0.233. The minimum atomic E-state index is 0.903. The van der Waals surface area contributed by atoms with Gasteiger partial charge in [-0.2, -0.15) is 0 Å². The fourth-order valence-corrected chi connectivity index (χ4v) is 6.41. The second-order valence-electron chi connectivity index (χ2n) is 10.2. The van der Waals surface area contributed by atoms with Crippen molar-refractivity contribution in [1.82, 2.24) is 9.13 Å². The molecule has 0 bridgehead atoms. The van der Waals surface area contributed by atoms with Gasteiger partial charge < -0.3 is 13.6 Å². The molecule has 0 atom stereocenters. The van der Waals surface area contributed by atoms with Crippen LogP contribution in [0.25, 0.3) is 76.9 Å². The summed E-state index contributed by atoms with van der Waals surface area (Å²) in [6.07, 6.45) is 0. The van der Waals surface area contributed by atoms with Crippen LogP contribution >= 0.6 is 0 Å². The number of para-hydroxylation sites is 4. The third kappa shape index (κ3) is 2.82. The Morgan fingerprint density at radius 3 is 1.21 bits per heavy atom. The summed E-state index contributed by atoms with van der Waals surface area (Å²) in [6.45, 7) is 0. The van der Waals surface area contributed by atoms with Gasteiger partial charge in [0.05, 0.1) is 22.1 Å². The topological polar surface area (TPSA) is 23.0 Å². The highest BCUT2D eigenvalue weighted by Crippen LogP contribution is 2.41. The zero-order valence-electron chi connectivity index (χ0n) is 21.0. The molecule has 3 aromatic heterocycles. The number of fused-ring (bicyclic) bond motifs is 9. The van der Waals surface area contributed by atoms with Crippen molar-refractivity contribution in [3.63, 3.8) is 0 Å². The Balaban J connectivity index is 1.41. The first-order valence-corrected chi connectivity index (χ1v) is 13.3. The number of rotatable bonds is 2. The molecular weight excluding hydrogens is 476 g/mol. The predicted molar refractivity (Wildman–Crippen MR) is 162 cm³/mol. The second kappa shape index (κ2) is 7.62. The van der Waals surface area contributed by atoms with Gasteiger partial charge in [0.15, 0.2) is 0 Å². The molecule has 9 aromatic rings. The maximum Gasteiger partial charge on any atom is 0.137 e. The Hall–Kier alpha value is -5.28. The van der Waals surface area contributed by atoms with Gasteiger partial charge in [-0.3, -0.25) is 0 Å². The number of furan rings is 1. The lowest BCUT2D eigenvalue weighted by Crippen LogP contribution is -1.92. The summed E-state index contributed by atoms with van der Waals surface area (Å²) in [5.74, 6) is 0. The maximum atomic E-state index is 6.62. The first-order chi connectivity index (χ1) is 19.3. The lowest BCUT2D eigenvalue weighted by atomic mass is 10.1. The molecule has 0 amide bonds. The Labute approximate surface area is 223 Å². The van der Waals surface area contributed by atoms with Gasteiger partial charge in [-0.1, -0.05) is 72.8 Å². The highest BCUT2D eigenvalue weighted by Gasteiger charge is 2.19. The molecule has 3 nitrogen and oxygen atoms in total. The van der Waals surface area contributed by atoms with E-state index in [1.807, 2.05) is 0 Å². The van der Waals surface area contributed by atoms with Crippen LogP contribution in [0.5, 0.6) is 0 Å². The van der Waals surface area contributed by atoms with E-state index in [2.05, 4.69) is 143 Å². The average molecular weight is 499 g/mol. The van der Waals surface area contributed by atoms with Crippen LogP contribution in [0.3, 0.4) is 0 Å². The summed E-state index contributed by atoms with van der Waals surface area (Å²) in [7, 11) is 0. The molecule has 9 rings (SSSR count). The van der Waals surface area contributed by atoms with Crippen LogP contribution in [0.4, 0.5) is 0 Å². The third-order valence-corrected chi connectivity index (χ3v) is 8.09. The molecule has 6 aromatic carbocycles. The van der Waals surface area contributed by atoms with E-state index in [-0.39, 0.29) is 0 Å².